The lowest BCUT2D eigenvalue weighted by Gasteiger charge is -2.32. The van der Waals surface area contributed by atoms with Crippen molar-refractivity contribution >= 4 is 27.8 Å². The maximum absolute atomic E-state index is 2.54. The number of fused-ring (bicyclic) bond motifs is 5. The lowest BCUT2D eigenvalue weighted by molar-refractivity contribution is 0.660. The minimum Gasteiger partial charge on any atom is -0.309 e. The zero-order valence-corrected chi connectivity index (χ0v) is 29.6. The highest BCUT2D eigenvalue weighted by Gasteiger charge is 2.38. The summed E-state index contributed by atoms with van der Waals surface area (Å²) >= 11 is 0. The van der Waals surface area contributed by atoms with Crippen molar-refractivity contribution in [3.8, 4) is 33.4 Å². The fourth-order valence-electron chi connectivity index (χ4n) is 8.32. The van der Waals surface area contributed by atoms with Crippen molar-refractivity contribution in [3.63, 3.8) is 0 Å². The van der Waals surface area contributed by atoms with Gasteiger partial charge in [-0.2, -0.15) is 0 Å². The summed E-state index contributed by atoms with van der Waals surface area (Å²) in [5.41, 5.74) is 20.4. The van der Waals surface area contributed by atoms with Crippen LogP contribution in [-0.2, 0) is 5.41 Å². The van der Waals surface area contributed by atoms with E-state index in [9.17, 15) is 0 Å². The van der Waals surface area contributed by atoms with Gasteiger partial charge in [-0.25, -0.2) is 0 Å². The highest BCUT2D eigenvalue weighted by Crippen LogP contribution is 2.55. The fourth-order valence-corrected chi connectivity index (χ4v) is 8.32. The van der Waals surface area contributed by atoms with Crippen molar-refractivity contribution in [3.05, 3.63) is 172 Å². The molecule has 0 saturated heterocycles. The monoisotopic (exact) mass is 633 g/mol. The van der Waals surface area contributed by atoms with E-state index in [1.54, 1.807) is 0 Å². The molecule has 0 radical (unpaired) electrons. The van der Waals surface area contributed by atoms with Crippen LogP contribution in [0.25, 0.3) is 44.2 Å². The van der Waals surface area contributed by atoms with Gasteiger partial charge in [-0.05, 0) is 137 Å². The third kappa shape index (κ3) is 4.99. The lowest BCUT2D eigenvalue weighted by Crippen LogP contribution is -2.18. The Bertz CT molecular complexity index is 2390. The molecule has 0 aromatic heterocycles. The first kappa shape index (κ1) is 30.9. The summed E-state index contributed by atoms with van der Waals surface area (Å²) < 4.78 is 0. The highest BCUT2D eigenvalue weighted by molar-refractivity contribution is 6.10. The molecular weight excluding hydrogens is 591 g/mol. The first-order valence-electron chi connectivity index (χ1n) is 17.4. The molecule has 0 aliphatic heterocycles. The molecule has 0 atom stereocenters. The van der Waals surface area contributed by atoms with E-state index < -0.39 is 0 Å². The van der Waals surface area contributed by atoms with E-state index in [0.29, 0.717) is 0 Å². The van der Waals surface area contributed by atoms with Gasteiger partial charge in [-0.3, -0.25) is 0 Å². The molecule has 7 aromatic carbocycles. The van der Waals surface area contributed by atoms with E-state index in [0.717, 1.165) is 0 Å². The maximum atomic E-state index is 2.54. The van der Waals surface area contributed by atoms with Gasteiger partial charge in [-0.1, -0.05) is 123 Å². The van der Waals surface area contributed by atoms with Gasteiger partial charge in [0, 0.05) is 16.5 Å². The number of hydrogen-bond acceptors (Lipinski definition) is 1. The van der Waals surface area contributed by atoms with Crippen molar-refractivity contribution < 1.29 is 0 Å². The van der Waals surface area contributed by atoms with Crippen LogP contribution in [0.15, 0.2) is 133 Å². The standard InChI is InChI=1S/C48H43N/c1-30-21-23-42-43(25-30)48(6,7)44-29-45(40-19-13-14-20-41(40)46(42)44)49(37-22-24-39(32(3)28-37)38-18-12-11-15-31(38)2)47-33(4)26-36(27-34(47)5)35-16-9-8-10-17-35/h8-29H,1-7H3. The van der Waals surface area contributed by atoms with Gasteiger partial charge in [-0.15, -0.1) is 0 Å². The molecule has 0 amide bonds. The zero-order valence-electron chi connectivity index (χ0n) is 29.6. The third-order valence-electron chi connectivity index (χ3n) is 10.8. The smallest absolute Gasteiger partial charge is 0.0543 e. The average Bonchev–Trinajstić information content (AvgIpc) is 3.32. The van der Waals surface area contributed by atoms with E-state index in [-0.39, 0.29) is 5.41 Å². The van der Waals surface area contributed by atoms with Crippen molar-refractivity contribution in [2.24, 2.45) is 0 Å². The minimum atomic E-state index is -0.132. The number of rotatable bonds is 5. The van der Waals surface area contributed by atoms with Gasteiger partial charge < -0.3 is 4.90 Å². The summed E-state index contributed by atoms with van der Waals surface area (Å²) in [4.78, 5) is 2.54. The lowest BCUT2D eigenvalue weighted by atomic mass is 9.81. The minimum absolute atomic E-state index is 0.132. The van der Waals surface area contributed by atoms with Crippen LogP contribution in [0, 0.1) is 34.6 Å². The molecule has 49 heavy (non-hydrogen) atoms. The average molecular weight is 634 g/mol. The van der Waals surface area contributed by atoms with Crippen LogP contribution < -0.4 is 4.90 Å². The molecule has 0 fully saturated rings. The van der Waals surface area contributed by atoms with E-state index >= 15 is 0 Å². The third-order valence-corrected chi connectivity index (χ3v) is 10.8. The summed E-state index contributed by atoms with van der Waals surface area (Å²) in [6, 6.07) is 49.7. The first-order valence-corrected chi connectivity index (χ1v) is 17.4. The Hall–Kier alpha value is -5.40. The van der Waals surface area contributed by atoms with Gasteiger partial charge >= 0.3 is 0 Å². The SMILES string of the molecule is Cc1ccc2c(c1)C(C)(C)c1cc(N(c3ccc(-c4ccccc4C)c(C)c3)c3c(C)cc(-c4ccccc4)cc3C)c3ccccc3c1-2. The van der Waals surface area contributed by atoms with Crippen molar-refractivity contribution in [2.45, 2.75) is 53.9 Å². The summed E-state index contributed by atoms with van der Waals surface area (Å²) in [7, 11) is 0. The Morgan fingerprint density at radius 2 is 1.08 bits per heavy atom. The number of nitrogens with zero attached hydrogens (tertiary/aromatic N) is 1. The molecule has 7 aromatic rings. The molecule has 1 nitrogen and oxygen atoms in total. The summed E-state index contributed by atoms with van der Waals surface area (Å²) in [6.45, 7) is 16.0. The Balaban J connectivity index is 1.42. The van der Waals surface area contributed by atoms with Crippen molar-refractivity contribution in [1.29, 1.82) is 0 Å². The van der Waals surface area contributed by atoms with Crippen LogP contribution in [-0.4, -0.2) is 0 Å². The van der Waals surface area contributed by atoms with E-state index in [4.69, 9.17) is 0 Å². The summed E-state index contributed by atoms with van der Waals surface area (Å²) in [6.07, 6.45) is 0. The van der Waals surface area contributed by atoms with Gasteiger partial charge in [0.05, 0.1) is 11.4 Å². The topological polar surface area (TPSA) is 3.24 Å². The molecule has 0 bridgehead atoms. The molecule has 0 heterocycles. The predicted octanol–water partition coefficient (Wildman–Crippen LogP) is 13.5. The second-order valence-corrected chi connectivity index (χ2v) is 14.5. The number of benzene rings is 7. The van der Waals surface area contributed by atoms with Gasteiger partial charge in [0.2, 0.25) is 0 Å². The van der Waals surface area contributed by atoms with Crippen LogP contribution in [0.5, 0.6) is 0 Å². The van der Waals surface area contributed by atoms with Gasteiger partial charge in [0.15, 0.2) is 0 Å². The first-order chi connectivity index (χ1) is 23.6. The molecule has 0 unspecified atom stereocenters. The molecule has 1 heteroatoms. The van der Waals surface area contributed by atoms with Crippen molar-refractivity contribution in [1.82, 2.24) is 0 Å². The van der Waals surface area contributed by atoms with Gasteiger partial charge in [0.1, 0.15) is 0 Å². The van der Waals surface area contributed by atoms with Crippen LogP contribution >= 0.6 is 0 Å². The Labute approximate surface area is 291 Å². The number of anilines is 3. The summed E-state index contributed by atoms with van der Waals surface area (Å²) in [5, 5.41) is 2.57. The molecular formula is C48H43N. The maximum Gasteiger partial charge on any atom is 0.0543 e. The molecule has 8 rings (SSSR count). The molecule has 0 spiro atoms. The molecule has 1 aliphatic carbocycles. The van der Waals surface area contributed by atoms with E-state index in [2.05, 4.69) is 187 Å². The van der Waals surface area contributed by atoms with Crippen LogP contribution in [0.2, 0.25) is 0 Å². The molecule has 0 N–H and O–H groups in total. The van der Waals surface area contributed by atoms with Crippen LogP contribution in [0.1, 0.15) is 52.8 Å². The highest BCUT2D eigenvalue weighted by atomic mass is 15.1. The van der Waals surface area contributed by atoms with Crippen molar-refractivity contribution in [2.75, 3.05) is 4.90 Å². The molecule has 1 aliphatic rings. The zero-order chi connectivity index (χ0) is 34.0. The number of aryl methyl sites for hydroxylation is 5. The Morgan fingerprint density at radius 3 is 1.80 bits per heavy atom. The Kier molecular flexibility index (Phi) is 7.34. The molecule has 240 valence electrons. The van der Waals surface area contributed by atoms with Crippen LogP contribution in [0.3, 0.4) is 0 Å². The van der Waals surface area contributed by atoms with Gasteiger partial charge in [0.25, 0.3) is 0 Å². The molecule has 0 saturated carbocycles. The van der Waals surface area contributed by atoms with E-state index in [1.165, 1.54) is 100 Å². The Morgan fingerprint density at radius 1 is 0.449 bits per heavy atom. The fraction of sp³-hybridized carbons (Fsp3) is 0.167. The normalized spacial score (nSPS) is 13.0. The quantitative estimate of drug-likeness (QED) is 0.182. The largest absolute Gasteiger partial charge is 0.309 e. The second-order valence-electron chi connectivity index (χ2n) is 14.5. The van der Waals surface area contributed by atoms with E-state index in [1.807, 2.05) is 0 Å². The van der Waals surface area contributed by atoms with Crippen LogP contribution in [0.4, 0.5) is 17.1 Å². The summed E-state index contributed by atoms with van der Waals surface area (Å²) in [5.74, 6) is 0. The predicted molar refractivity (Wildman–Crippen MR) is 211 cm³/mol. The second kappa shape index (κ2) is 11.6. The number of hydrogen-bond donors (Lipinski definition) is 0.